The first-order valence-electron chi connectivity index (χ1n) is 27.2. The molecule has 6 heteroatoms. The van der Waals surface area contributed by atoms with Crippen LogP contribution in [0.3, 0.4) is 0 Å². The molecule has 0 saturated heterocycles. The van der Waals surface area contributed by atoms with Gasteiger partial charge in [-0.2, -0.15) is 0 Å². The van der Waals surface area contributed by atoms with Crippen LogP contribution in [0.5, 0.6) is 0 Å². The van der Waals surface area contributed by atoms with Gasteiger partial charge in [-0.15, -0.1) is 0 Å². The Morgan fingerprint density at radius 3 is 0.924 bits per heavy atom. The maximum absolute atomic E-state index is 12.7. The lowest BCUT2D eigenvalue weighted by Crippen LogP contribution is -2.30. The quantitative estimate of drug-likeness (QED) is 0.0262. The highest BCUT2D eigenvalue weighted by molar-refractivity contribution is 5.71. The number of carbonyl (C=O) groups excluding carboxylic acids is 3. The van der Waals surface area contributed by atoms with Gasteiger partial charge in [-0.3, -0.25) is 14.4 Å². The van der Waals surface area contributed by atoms with Gasteiger partial charge in [0.05, 0.1) is 0 Å². The second-order valence-corrected chi connectivity index (χ2v) is 17.8. The van der Waals surface area contributed by atoms with Crippen molar-refractivity contribution in [1.29, 1.82) is 0 Å². The summed E-state index contributed by atoms with van der Waals surface area (Å²) >= 11 is 0. The van der Waals surface area contributed by atoms with Crippen LogP contribution in [0.15, 0.2) is 97.2 Å². The summed E-state index contributed by atoms with van der Waals surface area (Å²) in [7, 11) is 0. The van der Waals surface area contributed by atoms with Crippen LogP contribution in [0.2, 0.25) is 0 Å². The SMILES string of the molecule is CC/C=C\C/C=C\C/C=C\C/C=C\C/C=C\C/C=C\C/C=C\C/C=C\CCCCCCCCC(=O)OCC(COC(=O)CCCCCCC)OC(=O)CCCCCCCCCCCCCC. The molecule has 6 nitrogen and oxygen atoms in total. The van der Waals surface area contributed by atoms with Gasteiger partial charge in [0.2, 0.25) is 0 Å². The van der Waals surface area contributed by atoms with Crippen LogP contribution in [0.25, 0.3) is 0 Å². The van der Waals surface area contributed by atoms with Crippen molar-refractivity contribution < 1.29 is 28.6 Å². The standard InChI is InChI=1S/C60H100O6/c1-4-7-10-13-15-17-19-21-22-23-24-25-26-27-28-29-30-31-32-33-34-35-36-37-38-39-41-42-44-47-50-53-59(62)65-56-57(55-64-58(61)52-49-46-12-9-6-3)66-60(63)54-51-48-45-43-40-20-18-16-14-11-8-5-2/h7,10,15,17,21-22,24-25,27-28,30-31,33-34,36-37,57H,4-6,8-9,11-14,16,18-20,23,26,29,32,35,38-56H2,1-3H3/b10-7-,17-15-,22-21-,25-24-,28-27-,31-30-,34-33-,37-36-. The van der Waals surface area contributed by atoms with E-state index in [1.54, 1.807) is 0 Å². The molecule has 0 aliphatic rings. The molecule has 0 heterocycles. The largest absolute Gasteiger partial charge is 0.462 e. The second-order valence-electron chi connectivity index (χ2n) is 17.8. The Morgan fingerprint density at radius 2 is 0.591 bits per heavy atom. The van der Waals surface area contributed by atoms with E-state index in [1.807, 2.05) is 0 Å². The van der Waals surface area contributed by atoms with Gasteiger partial charge in [0.15, 0.2) is 6.10 Å². The summed E-state index contributed by atoms with van der Waals surface area (Å²) in [5.74, 6) is -0.911. The molecule has 1 atom stereocenters. The van der Waals surface area contributed by atoms with E-state index in [9.17, 15) is 14.4 Å². The fraction of sp³-hybridized carbons (Fsp3) is 0.683. The predicted octanol–water partition coefficient (Wildman–Crippen LogP) is 18.1. The number of rotatable bonds is 48. The van der Waals surface area contributed by atoms with Crippen molar-refractivity contribution in [2.75, 3.05) is 13.2 Å². The van der Waals surface area contributed by atoms with Gasteiger partial charge >= 0.3 is 17.9 Å². The van der Waals surface area contributed by atoms with Crippen molar-refractivity contribution >= 4 is 17.9 Å². The lowest BCUT2D eigenvalue weighted by Gasteiger charge is -2.18. The zero-order chi connectivity index (χ0) is 47.9. The molecule has 66 heavy (non-hydrogen) atoms. The van der Waals surface area contributed by atoms with Crippen molar-refractivity contribution in [3.05, 3.63) is 97.2 Å². The van der Waals surface area contributed by atoms with Crippen molar-refractivity contribution in [2.45, 2.75) is 252 Å². The third kappa shape index (κ3) is 51.3. The van der Waals surface area contributed by atoms with Crippen LogP contribution < -0.4 is 0 Å². The van der Waals surface area contributed by atoms with Crippen LogP contribution in [0, 0.1) is 0 Å². The van der Waals surface area contributed by atoms with Crippen molar-refractivity contribution in [1.82, 2.24) is 0 Å². The van der Waals surface area contributed by atoms with E-state index in [4.69, 9.17) is 14.2 Å². The monoisotopic (exact) mass is 917 g/mol. The van der Waals surface area contributed by atoms with Crippen LogP contribution in [-0.4, -0.2) is 37.2 Å². The van der Waals surface area contributed by atoms with E-state index in [2.05, 4.69) is 118 Å². The first kappa shape index (κ1) is 62.3. The van der Waals surface area contributed by atoms with Gasteiger partial charge in [-0.05, 0) is 83.5 Å². The first-order valence-corrected chi connectivity index (χ1v) is 27.2. The lowest BCUT2D eigenvalue weighted by atomic mass is 10.0. The number of allylic oxidation sites excluding steroid dienone is 16. The Kier molecular flexibility index (Phi) is 50.9. The minimum absolute atomic E-state index is 0.0811. The van der Waals surface area contributed by atoms with Gasteiger partial charge in [0.25, 0.3) is 0 Å². The topological polar surface area (TPSA) is 78.9 Å². The Morgan fingerprint density at radius 1 is 0.318 bits per heavy atom. The molecule has 0 radical (unpaired) electrons. The zero-order valence-corrected chi connectivity index (χ0v) is 42.9. The molecule has 0 aromatic carbocycles. The number of hydrogen-bond donors (Lipinski definition) is 0. The van der Waals surface area contributed by atoms with E-state index in [0.29, 0.717) is 19.3 Å². The van der Waals surface area contributed by atoms with Gasteiger partial charge in [-0.25, -0.2) is 0 Å². The minimum Gasteiger partial charge on any atom is -0.462 e. The molecule has 0 aromatic rings. The smallest absolute Gasteiger partial charge is 0.306 e. The highest BCUT2D eigenvalue weighted by Crippen LogP contribution is 2.14. The average Bonchev–Trinajstić information content (AvgIpc) is 3.31. The average molecular weight is 917 g/mol. The number of hydrogen-bond acceptors (Lipinski definition) is 6. The van der Waals surface area contributed by atoms with E-state index >= 15 is 0 Å². The third-order valence-electron chi connectivity index (χ3n) is 11.4. The Balaban J connectivity index is 4.10. The summed E-state index contributed by atoms with van der Waals surface area (Å²) in [5.41, 5.74) is 0. The van der Waals surface area contributed by atoms with Crippen LogP contribution >= 0.6 is 0 Å². The van der Waals surface area contributed by atoms with Crippen LogP contribution in [0.1, 0.15) is 245 Å². The molecule has 0 spiro atoms. The molecule has 0 aromatic heterocycles. The molecule has 0 amide bonds. The number of ether oxygens (including phenoxy) is 3. The molecular weight excluding hydrogens is 817 g/mol. The summed E-state index contributed by atoms with van der Waals surface area (Å²) < 4.78 is 16.6. The maximum atomic E-state index is 12.7. The summed E-state index contributed by atoms with van der Waals surface area (Å²) in [5, 5.41) is 0. The fourth-order valence-corrected chi connectivity index (χ4v) is 7.28. The first-order chi connectivity index (χ1) is 32.5. The van der Waals surface area contributed by atoms with E-state index in [-0.39, 0.29) is 31.1 Å². The fourth-order valence-electron chi connectivity index (χ4n) is 7.28. The molecule has 1 unspecified atom stereocenters. The van der Waals surface area contributed by atoms with Crippen LogP contribution in [-0.2, 0) is 28.6 Å². The number of carbonyl (C=O) groups is 3. The normalized spacial score (nSPS) is 12.8. The summed E-state index contributed by atoms with van der Waals surface area (Å²) in [4.78, 5) is 37.6. The molecule has 0 fully saturated rings. The van der Waals surface area contributed by atoms with E-state index < -0.39 is 6.10 Å². The molecule has 0 aliphatic heterocycles. The zero-order valence-electron chi connectivity index (χ0n) is 42.9. The minimum atomic E-state index is -0.777. The van der Waals surface area contributed by atoms with Crippen molar-refractivity contribution in [2.24, 2.45) is 0 Å². The maximum Gasteiger partial charge on any atom is 0.306 e. The molecule has 0 rings (SSSR count). The Labute approximate surface area is 407 Å². The molecule has 0 aliphatic carbocycles. The predicted molar refractivity (Wildman–Crippen MR) is 284 cm³/mol. The third-order valence-corrected chi connectivity index (χ3v) is 11.4. The highest BCUT2D eigenvalue weighted by Gasteiger charge is 2.19. The highest BCUT2D eigenvalue weighted by atomic mass is 16.6. The van der Waals surface area contributed by atoms with Gasteiger partial charge in [-0.1, -0.05) is 240 Å². The Hall–Kier alpha value is -3.67. The lowest BCUT2D eigenvalue weighted by molar-refractivity contribution is -0.167. The van der Waals surface area contributed by atoms with Gasteiger partial charge < -0.3 is 14.2 Å². The molecule has 0 bridgehead atoms. The Bertz CT molecular complexity index is 1330. The molecular formula is C60H100O6. The number of unbranched alkanes of at least 4 members (excludes halogenated alkanes) is 21. The molecule has 0 N–H and O–H groups in total. The van der Waals surface area contributed by atoms with Gasteiger partial charge in [0, 0.05) is 19.3 Å². The summed E-state index contributed by atoms with van der Waals surface area (Å²) in [6, 6.07) is 0. The summed E-state index contributed by atoms with van der Waals surface area (Å²) in [6.07, 6.45) is 71.5. The van der Waals surface area contributed by atoms with E-state index in [0.717, 1.165) is 128 Å². The van der Waals surface area contributed by atoms with Crippen molar-refractivity contribution in [3.63, 3.8) is 0 Å². The van der Waals surface area contributed by atoms with Crippen LogP contribution in [0.4, 0.5) is 0 Å². The summed E-state index contributed by atoms with van der Waals surface area (Å²) in [6.45, 7) is 6.42. The van der Waals surface area contributed by atoms with Crippen molar-refractivity contribution in [3.8, 4) is 0 Å². The molecule has 376 valence electrons. The van der Waals surface area contributed by atoms with Gasteiger partial charge in [0.1, 0.15) is 13.2 Å². The second kappa shape index (κ2) is 53.9. The van der Waals surface area contributed by atoms with E-state index in [1.165, 1.54) is 77.0 Å². The molecule has 0 saturated carbocycles. The number of esters is 3.